The molecule has 16 heavy (non-hydrogen) atoms. The van der Waals surface area contributed by atoms with Gasteiger partial charge in [0, 0.05) is 10.9 Å². The standard InChI is InChI=1S/C12H8BrFOS/c13-9-2-1-3-10(14)12(9)11(15)6-8-4-5-16-7-8/h1-5,7H,6H2. The maximum atomic E-state index is 13.5. The Hall–Kier alpha value is -1.00. The third-order valence-electron chi connectivity index (χ3n) is 2.19. The van der Waals surface area contributed by atoms with Crippen LogP contribution in [0.25, 0.3) is 0 Å². The van der Waals surface area contributed by atoms with Gasteiger partial charge in [-0.25, -0.2) is 4.39 Å². The van der Waals surface area contributed by atoms with Crippen molar-refractivity contribution in [1.29, 1.82) is 0 Å². The molecule has 0 N–H and O–H groups in total. The molecule has 0 unspecified atom stereocenters. The topological polar surface area (TPSA) is 17.1 Å². The summed E-state index contributed by atoms with van der Waals surface area (Å²) in [4.78, 5) is 11.9. The summed E-state index contributed by atoms with van der Waals surface area (Å²) in [5.74, 6) is -0.682. The molecule has 1 aromatic carbocycles. The van der Waals surface area contributed by atoms with Crippen LogP contribution in [0.1, 0.15) is 15.9 Å². The lowest BCUT2D eigenvalue weighted by Gasteiger charge is -2.03. The van der Waals surface area contributed by atoms with Crippen LogP contribution in [0.5, 0.6) is 0 Å². The van der Waals surface area contributed by atoms with Crippen molar-refractivity contribution >= 4 is 33.0 Å². The molecule has 2 rings (SSSR count). The van der Waals surface area contributed by atoms with Gasteiger partial charge < -0.3 is 0 Å². The highest BCUT2D eigenvalue weighted by Gasteiger charge is 2.15. The molecule has 0 fully saturated rings. The number of ketones is 1. The van der Waals surface area contributed by atoms with E-state index in [2.05, 4.69) is 15.9 Å². The molecule has 1 nitrogen and oxygen atoms in total. The van der Waals surface area contributed by atoms with E-state index in [-0.39, 0.29) is 17.8 Å². The zero-order valence-corrected chi connectivity index (χ0v) is 10.6. The maximum absolute atomic E-state index is 13.5. The van der Waals surface area contributed by atoms with Gasteiger partial charge in [0.25, 0.3) is 0 Å². The molecular formula is C12H8BrFOS. The van der Waals surface area contributed by atoms with Crippen LogP contribution < -0.4 is 0 Å². The Morgan fingerprint density at radius 1 is 1.38 bits per heavy atom. The first-order chi connectivity index (χ1) is 7.68. The Bertz CT molecular complexity index is 487. The average molecular weight is 299 g/mol. The van der Waals surface area contributed by atoms with Crippen LogP contribution in [-0.4, -0.2) is 5.78 Å². The molecule has 0 amide bonds. The van der Waals surface area contributed by atoms with Crippen molar-refractivity contribution in [2.75, 3.05) is 0 Å². The Balaban J connectivity index is 2.28. The largest absolute Gasteiger partial charge is 0.294 e. The molecule has 82 valence electrons. The van der Waals surface area contributed by atoms with E-state index in [0.29, 0.717) is 4.47 Å². The van der Waals surface area contributed by atoms with Gasteiger partial charge in [-0.3, -0.25) is 4.79 Å². The monoisotopic (exact) mass is 298 g/mol. The molecule has 0 saturated heterocycles. The number of carbonyl (C=O) groups excluding carboxylic acids is 1. The second-order valence-corrected chi connectivity index (χ2v) is 4.96. The molecule has 0 bridgehead atoms. The first-order valence-electron chi connectivity index (χ1n) is 4.67. The molecule has 1 heterocycles. The summed E-state index contributed by atoms with van der Waals surface area (Å²) < 4.78 is 14.0. The molecule has 0 aliphatic rings. The van der Waals surface area contributed by atoms with E-state index in [1.807, 2.05) is 16.8 Å². The SMILES string of the molecule is O=C(Cc1ccsc1)c1c(F)cccc1Br. The molecule has 1 aromatic heterocycles. The van der Waals surface area contributed by atoms with Gasteiger partial charge in [0.05, 0.1) is 5.56 Å². The Kier molecular flexibility index (Phi) is 3.51. The number of rotatable bonds is 3. The number of carbonyl (C=O) groups is 1. The number of benzene rings is 1. The summed E-state index contributed by atoms with van der Waals surface area (Å²) in [6, 6.07) is 6.41. The lowest BCUT2D eigenvalue weighted by molar-refractivity contribution is 0.0988. The van der Waals surface area contributed by atoms with Gasteiger partial charge in [0.15, 0.2) is 5.78 Å². The zero-order valence-electron chi connectivity index (χ0n) is 8.24. The van der Waals surface area contributed by atoms with E-state index in [4.69, 9.17) is 0 Å². The predicted octanol–water partition coefficient (Wildman–Crippen LogP) is 4.08. The van der Waals surface area contributed by atoms with Crippen LogP contribution in [0, 0.1) is 5.82 Å². The highest BCUT2D eigenvalue weighted by Crippen LogP contribution is 2.22. The Morgan fingerprint density at radius 2 is 2.19 bits per heavy atom. The smallest absolute Gasteiger partial charge is 0.171 e. The van der Waals surface area contributed by atoms with Crippen molar-refractivity contribution in [3.63, 3.8) is 0 Å². The van der Waals surface area contributed by atoms with E-state index in [1.165, 1.54) is 17.4 Å². The highest BCUT2D eigenvalue weighted by atomic mass is 79.9. The van der Waals surface area contributed by atoms with Crippen molar-refractivity contribution in [3.05, 3.63) is 56.4 Å². The van der Waals surface area contributed by atoms with Crippen molar-refractivity contribution in [3.8, 4) is 0 Å². The molecule has 0 aliphatic heterocycles. The van der Waals surface area contributed by atoms with Gasteiger partial charge in [-0.1, -0.05) is 6.07 Å². The van der Waals surface area contributed by atoms with Crippen molar-refractivity contribution in [2.24, 2.45) is 0 Å². The van der Waals surface area contributed by atoms with E-state index < -0.39 is 5.82 Å². The van der Waals surface area contributed by atoms with Crippen LogP contribution in [0.3, 0.4) is 0 Å². The summed E-state index contributed by atoms with van der Waals surface area (Å²) in [6.07, 6.45) is 0.239. The molecular weight excluding hydrogens is 291 g/mol. The molecule has 0 spiro atoms. The predicted molar refractivity (Wildman–Crippen MR) is 66.5 cm³/mol. The van der Waals surface area contributed by atoms with Gasteiger partial charge in [0.2, 0.25) is 0 Å². The van der Waals surface area contributed by atoms with Gasteiger partial charge in [-0.15, -0.1) is 0 Å². The number of thiophene rings is 1. The molecule has 0 saturated carbocycles. The Labute approximate surface area is 105 Å². The number of hydrogen-bond acceptors (Lipinski definition) is 2. The third-order valence-corrected chi connectivity index (χ3v) is 3.58. The number of halogens is 2. The van der Waals surface area contributed by atoms with Gasteiger partial charge >= 0.3 is 0 Å². The summed E-state index contributed by atoms with van der Waals surface area (Å²) in [7, 11) is 0. The summed E-state index contributed by atoms with van der Waals surface area (Å²) >= 11 is 4.72. The van der Waals surface area contributed by atoms with Crippen molar-refractivity contribution in [1.82, 2.24) is 0 Å². The highest BCUT2D eigenvalue weighted by molar-refractivity contribution is 9.10. The Morgan fingerprint density at radius 3 is 2.81 bits per heavy atom. The van der Waals surface area contributed by atoms with Crippen molar-refractivity contribution < 1.29 is 9.18 Å². The average Bonchev–Trinajstić information content (AvgIpc) is 2.70. The van der Waals surface area contributed by atoms with Gasteiger partial charge in [-0.2, -0.15) is 11.3 Å². The molecule has 4 heteroatoms. The van der Waals surface area contributed by atoms with E-state index in [1.54, 1.807) is 12.1 Å². The fourth-order valence-electron chi connectivity index (χ4n) is 1.43. The van der Waals surface area contributed by atoms with Crippen molar-refractivity contribution in [2.45, 2.75) is 6.42 Å². The normalized spacial score (nSPS) is 10.4. The maximum Gasteiger partial charge on any atom is 0.171 e. The van der Waals surface area contributed by atoms with Gasteiger partial charge in [0.1, 0.15) is 5.82 Å². The molecule has 0 atom stereocenters. The third kappa shape index (κ3) is 2.39. The minimum absolute atomic E-state index is 0.133. The van der Waals surface area contributed by atoms with E-state index in [9.17, 15) is 9.18 Å². The van der Waals surface area contributed by atoms with E-state index in [0.717, 1.165) is 5.56 Å². The van der Waals surface area contributed by atoms with Gasteiger partial charge in [-0.05, 0) is 50.5 Å². The van der Waals surface area contributed by atoms with Crippen LogP contribution >= 0.6 is 27.3 Å². The van der Waals surface area contributed by atoms with Crippen LogP contribution in [0.15, 0.2) is 39.5 Å². The minimum atomic E-state index is -0.477. The lowest BCUT2D eigenvalue weighted by atomic mass is 10.0. The second kappa shape index (κ2) is 4.89. The van der Waals surface area contributed by atoms with Crippen LogP contribution in [0.4, 0.5) is 4.39 Å². The summed E-state index contributed by atoms with van der Waals surface area (Å²) in [5, 5.41) is 3.80. The fourth-order valence-corrected chi connectivity index (χ4v) is 2.66. The van der Waals surface area contributed by atoms with Crippen LogP contribution in [0.2, 0.25) is 0 Å². The number of Topliss-reactive ketones (excluding diaryl/α,β-unsaturated/α-hetero) is 1. The van der Waals surface area contributed by atoms with E-state index >= 15 is 0 Å². The zero-order chi connectivity index (χ0) is 11.5. The van der Waals surface area contributed by atoms with Crippen LogP contribution in [-0.2, 0) is 6.42 Å². The minimum Gasteiger partial charge on any atom is -0.294 e. The summed E-state index contributed by atoms with van der Waals surface area (Å²) in [5.41, 5.74) is 1.05. The quantitative estimate of drug-likeness (QED) is 0.781. The molecule has 2 aromatic rings. The first kappa shape index (κ1) is 11.5. The lowest BCUT2D eigenvalue weighted by Crippen LogP contribution is -2.06. The molecule has 0 radical (unpaired) electrons. The fraction of sp³-hybridized carbons (Fsp3) is 0.0833. The number of hydrogen-bond donors (Lipinski definition) is 0. The summed E-state index contributed by atoms with van der Waals surface area (Å²) in [6.45, 7) is 0. The molecule has 0 aliphatic carbocycles. The second-order valence-electron chi connectivity index (χ2n) is 3.33. The first-order valence-corrected chi connectivity index (χ1v) is 6.40.